The molecule has 1 aromatic rings. The zero-order valence-corrected chi connectivity index (χ0v) is 13.8. The van der Waals surface area contributed by atoms with E-state index in [0.29, 0.717) is 6.54 Å². The van der Waals surface area contributed by atoms with Crippen molar-refractivity contribution >= 4 is 17.4 Å². The number of nitrogens with zero attached hydrogens (tertiary/aromatic N) is 1. The molecule has 2 nitrogen and oxygen atoms in total. The summed E-state index contributed by atoms with van der Waals surface area (Å²) >= 11 is 5.95. The van der Waals surface area contributed by atoms with Gasteiger partial charge >= 0.3 is 0 Å². The van der Waals surface area contributed by atoms with Crippen molar-refractivity contribution in [3.8, 4) is 0 Å². The van der Waals surface area contributed by atoms with Crippen molar-refractivity contribution in [2.75, 3.05) is 19.6 Å². The second-order valence-corrected chi connectivity index (χ2v) is 6.68. The Morgan fingerprint density at radius 2 is 1.86 bits per heavy atom. The first-order valence-electron chi connectivity index (χ1n) is 8.05. The third kappa shape index (κ3) is 3.34. The van der Waals surface area contributed by atoms with Gasteiger partial charge < -0.3 is 0 Å². The van der Waals surface area contributed by atoms with Gasteiger partial charge in [0.25, 0.3) is 0 Å². The van der Waals surface area contributed by atoms with E-state index in [2.05, 4.69) is 17.9 Å². The molecule has 3 heteroatoms. The van der Waals surface area contributed by atoms with Gasteiger partial charge in [-0.25, -0.2) is 0 Å². The molecule has 1 aliphatic carbocycles. The molecule has 0 spiro atoms. The van der Waals surface area contributed by atoms with Crippen LogP contribution < -0.4 is 0 Å². The molecule has 1 atom stereocenters. The Morgan fingerprint density at radius 3 is 2.55 bits per heavy atom. The highest BCUT2D eigenvalue weighted by Crippen LogP contribution is 2.34. The number of hydrogen-bond donors (Lipinski definition) is 0. The molecular weight excluding hydrogens is 294 g/mol. The summed E-state index contributed by atoms with van der Waals surface area (Å²) in [6, 6.07) is 7.90. The minimum Gasteiger partial charge on any atom is -0.296 e. The molecule has 0 amide bonds. The molecule has 1 aromatic carbocycles. The molecule has 3 rings (SSSR count). The SMILES string of the molecule is CC1=C(C(=O)CN2CCCCC2)C=CC1c1ccc(Cl)cc1. The maximum Gasteiger partial charge on any atom is 0.176 e. The van der Waals surface area contributed by atoms with Crippen LogP contribution >= 0.6 is 11.6 Å². The Labute approximate surface area is 137 Å². The normalized spacial score (nSPS) is 22.4. The molecular formula is C19H22ClNO. The van der Waals surface area contributed by atoms with Gasteiger partial charge in [-0.3, -0.25) is 9.69 Å². The van der Waals surface area contributed by atoms with Crippen LogP contribution in [-0.4, -0.2) is 30.3 Å². The molecule has 0 aromatic heterocycles. The van der Waals surface area contributed by atoms with Crippen molar-refractivity contribution in [1.82, 2.24) is 4.90 Å². The van der Waals surface area contributed by atoms with Crippen LogP contribution in [0, 0.1) is 0 Å². The van der Waals surface area contributed by atoms with Crippen molar-refractivity contribution in [3.63, 3.8) is 0 Å². The molecule has 2 aliphatic rings. The van der Waals surface area contributed by atoms with Crippen LogP contribution in [0.2, 0.25) is 5.02 Å². The fraction of sp³-hybridized carbons (Fsp3) is 0.421. The predicted molar refractivity (Wildman–Crippen MR) is 91.3 cm³/mol. The number of likely N-dealkylation sites (tertiary alicyclic amines) is 1. The molecule has 1 aliphatic heterocycles. The third-order valence-electron chi connectivity index (χ3n) is 4.69. The van der Waals surface area contributed by atoms with Crippen LogP contribution in [-0.2, 0) is 4.79 Å². The van der Waals surface area contributed by atoms with E-state index in [-0.39, 0.29) is 11.7 Å². The number of Topliss-reactive ketones (excluding diaryl/α,β-unsaturated/α-hetero) is 1. The van der Waals surface area contributed by atoms with Crippen molar-refractivity contribution < 1.29 is 4.79 Å². The Hall–Kier alpha value is -1.38. The standard InChI is InChI=1S/C19H22ClNO/c1-14-17(15-5-7-16(20)8-6-15)9-10-18(14)19(22)13-21-11-3-2-4-12-21/h5-10,17H,2-4,11-13H2,1H3. The van der Waals surface area contributed by atoms with E-state index in [4.69, 9.17) is 11.6 Å². The largest absolute Gasteiger partial charge is 0.296 e. The maximum atomic E-state index is 12.6. The number of rotatable bonds is 4. The lowest BCUT2D eigenvalue weighted by Crippen LogP contribution is -2.34. The van der Waals surface area contributed by atoms with Crippen LogP contribution in [0.4, 0.5) is 0 Å². The Kier molecular flexibility index (Phi) is 4.80. The molecule has 0 bridgehead atoms. The summed E-state index contributed by atoms with van der Waals surface area (Å²) in [6.45, 7) is 4.75. The Balaban J connectivity index is 1.72. The molecule has 1 saturated heterocycles. The fourth-order valence-corrected chi connectivity index (χ4v) is 3.51. The minimum absolute atomic E-state index is 0.206. The molecule has 0 radical (unpaired) electrons. The van der Waals surface area contributed by atoms with E-state index in [0.717, 1.165) is 29.3 Å². The first-order valence-corrected chi connectivity index (χ1v) is 8.43. The summed E-state index contributed by atoms with van der Waals surface area (Å²) in [4.78, 5) is 14.9. The topological polar surface area (TPSA) is 20.3 Å². The zero-order chi connectivity index (χ0) is 15.5. The number of ketones is 1. The average Bonchev–Trinajstić information content (AvgIpc) is 2.91. The summed E-state index contributed by atoms with van der Waals surface area (Å²) in [5.41, 5.74) is 3.24. The van der Waals surface area contributed by atoms with E-state index in [1.807, 2.05) is 30.3 Å². The first kappa shape index (κ1) is 15.5. The van der Waals surface area contributed by atoms with Gasteiger partial charge in [-0.1, -0.05) is 47.9 Å². The van der Waals surface area contributed by atoms with Crippen molar-refractivity contribution in [3.05, 3.63) is 58.1 Å². The number of carbonyl (C=O) groups excluding carboxylic acids is 1. The summed E-state index contributed by atoms with van der Waals surface area (Å²) in [6.07, 6.45) is 7.86. The van der Waals surface area contributed by atoms with Gasteiger partial charge in [0, 0.05) is 16.5 Å². The highest BCUT2D eigenvalue weighted by atomic mass is 35.5. The number of halogens is 1. The first-order chi connectivity index (χ1) is 10.6. The van der Waals surface area contributed by atoms with Gasteiger partial charge in [0.15, 0.2) is 5.78 Å². The van der Waals surface area contributed by atoms with E-state index >= 15 is 0 Å². The Bertz CT molecular complexity index is 609. The zero-order valence-electron chi connectivity index (χ0n) is 13.0. The highest BCUT2D eigenvalue weighted by Gasteiger charge is 2.24. The van der Waals surface area contributed by atoms with Gasteiger partial charge in [0.1, 0.15) is 0 Å². The fourth-order valence-electron chi connectivity index (χ4n) is 3.39. The number of carbonyl (C=O) groups is 1. The highest BCUT2D eigenvalue weighted by molar-refractivity contribution is 6.30. The maximum absolute atomic E-state index is 12.6. The number of allylic oxidation sites excluding steroid dienone is 3. The van der Waals surface area contributed by atoms with E-state index in [1.165, 1.54) is 24.8 Å². The lowest BCUT2D eigenvalue weighted by molar-refractivity contribution is -0.116. The Morgan fingerprint density at radius 1 is 1.18 bits per heavy atom. The van der Waals surface area contributed by atoms with E-state index in [9.17, 15) is 4.79 Å². The average molecular weight is 316 g/mol. The van der Waals surface area contributed by atoms with E-state index in [1.54, 1.807) is 0 Å². The summed E-state index contributed by atoms with van der Waals surface area (Å²) in [7, 11) is 0. The van der Waals surface area contributed by atoms with E-state index < -0.39 is 0 Å². The number of benzene rings is 1. The quantitative estimate of drug-likeness (QED) is 0.822. The van der Waals surface area contributed by atoms with Crippen LogP contribution in [0.3, 0.4) is 0 Å². The smallest absolute Gasteiger partial charge is 0.176 e. The molecule has 1 fully saturated rings. The minimum atomic E-state index is 0.206. The lowest BCUT2D eigenvalue weighted by Gasteiger charge is -2.25. The van der Waals surface area contributed by atoms with Crippen LogP contribution in [0.5, 0.6) is 0 Å². The molecule has 0 N–H and O–H groups in total. The van der Waals surface area contributed by atoms with Gasteiger partial charge in [0.2, 0.25) is 0 Å². The lowest BCUT2D eigenvalue weighted by atomic mass is 9.93. The van der Waals surface area contributed by atoms with Gasteiger partial charge in [-0.15, -0.1) is 0 Å². The predicted octanol–water partition coefficient (Wildman–Crippen LogP) is 4.36. The molecule has 1 unspecified atom stereocenters. The molecule has 116 valence electrons. The molecule has 1 heterocycles. The van der Waals surface area contributed by atoms with Crippen LogP contribution in [0.15, 0.2) is 47.6 Å². The summed E-state index contributed by atoms with van der Waals surface area (Å²) in [5, 5.41) is 0.744. The van der Waals surface area contributed by atoms with Crippen molar-refractivity contribution in [2.24, 2.45) is 0 Å². The number of hydrogen-bond acceptors (Lipinski definition) is 2. The number of piperidine rings is 1. The molecule has 22 heavy (non-hydrogen) atoms. The third-order valence-corrected chi connectivity index (χ3v) is 4.94. The molecule has 0 saturated carbocycles. The monoisotopic (exact) mass is 315 g/mol. The second kappa shape index (κ2) is 6.80. The second-order valence-electron chi connectivity index (χ2n) is 6.25. The van der Waals surface area contributed by atoms with Gasteiger partial charge in [0.05, 0.1) is 6.54 Å². The van der Waals surface area contributed by atoms with Gasteiger partial charge in [-0.2, -0.15) is 0 Å². The van der Waals surface area contributed by atoms with Gasteiger partial charge in [-0.05, 0) is 50.6 Å². The van der Waals surface area contributed by atoms with Crippen molar-refractivity contribution in [2.45, 2.75) is 32.1 Å². The van der Waals surface area contributed by atoms with Crippen LogP contribution in [0.25, 0.3) is 0 Å². The van der Waals surface area contributed by atoms with Crippen LogP contribution in [0.1, 0.15) is 37.7 Å². The van der Waals surface area contributed by atoms with Crippen molar-refractivity contribution in [1.29, 1.82) is 0 Å². The summed E-state index contributed by atoms with van der Waals surface area (Å²) in [5.74, 6) is 0.463. The summed E-state index contributed by atoms with van der Waals surface area (Å²) < 4.78 is 0.